The van der Waals surface area contributed by atoms with Crippen molar-refractivity contribution in [3.63, 3.8) is 0 Å². The average molecular weight is 263 g/mol. The Labute approximate surface area is 109 Å². The fourth-order valence-electron chi connectivity index (χ4n) is 1.84. The number of aromatic nitrogens is 2. The summed E-state index contributed by atoms with van der Waals surface area (Å²) in [6.45, 7) is 1.88. The minimum atomic E-state index is -0.581. The highest BCUT2D eigenvalue weighted by Gasteiger charge is 2.19. The third kappa shape index (κ3) is 2.42. The lowest BCUT2D eigenvalue weighted by molar-refractivity contribution is 0.0596. The van der Waals surface area contributed by atoms with Crippen molar-refractivity contribution in [3.8, 4) is 0 Å². The first-order valence-electron chi connectivity index (χ1n) is 5.70. The van der Waals surface area contributed by atoms with Crippen molar-refractivity contribution in [3.05, 3.63) is 47.7 Å². The molecule has 2 N–H and O–H groups in total. The minimum Gasteiger partial charge on any atom is -0.464 e. The molecule has 0 saturated heterocycles. The SMILES string of the molecule is COC(=O)c1ncn(C(C)c2ccc(F)cc2)c1N. The van der Waals surface area contributed by atoms with E-state index in [2.05, 4.69) is 9.72 Å². The molecule has 0 radical (unpaired) electrons. The maximum atomic E-state index is 12.9. The number of nitrogens with zero attached hydrogens (tertiary/aromatic N) is 2. The van der Waals surface area contributed by atoms with E-state index in [0.717, 1.165) is 5.56 Å². The second kappa shape index (κ2) is 5.09. The first kappa shape index (κ1) is 13.1. The molecular weight excluding hydrogens is 249 g/mol. The van der Waals surface area contributed by atoms with Gasteiger partial charge in [0.25, 0.3) is 0 Å². The van der Waals surface area contributed by atoms with Crippen LogP contribution in [0.15, 0.2) is 30.6 Å². The Bertz CT molecular complexity index is 592. The molecule has 0 saturated carbocycles. The zero-order valence-electron chi connectivity index (χ0n) is 10.6. The van der Waals surface area contributed by atoms with Crippen LogP contribution in [0.3, 0.4) is 0 Å². The largest absolute Gasteiger partial charge is 0.464 e. The van der Waals surface area contributed by atoms with Crippen molar-refractivity contribution in [1.29, 1.82) is 0 Å². The number of nitrogen functional groups attached to an aromatic ring is 1. The van der Waals surface area contributed by atoms with E-state index in [1.54, 1.807) is 16.7 Å². The summed E-state index contributed by atoms with van der Waals surface area (Å²) in [5, 5.41) is 0. The fraction of sp³-hybridized carbons (Fsp3) is 0.231. The van der Waals surface area contributed by atoms with Gasteiger partial charge in [-0.1, -0.05) is 12.1 Å². The molecule has 0 aliphatic carbocycles. The Morgan fingerprint density at radius 2 is 2.05 bits per heavy atom. The molecule has 19 heavy (non-hydrogen) atoms. The lowest BCUT2D eigenvalue weighted by Gasteiger charge is -2.15. The van der Waals surface area contributed by atoms with Gasteiger partial charge in [-0.05, 0) is 24.6 Å². The van der Waals surface area contributed by atoms with Gasteiger partial charge in [-0.3, -0.25) is 0 Å². The number of carbonyl (C=O) groups is 1. The Hall–Kier alpha value is -2.37. The van der Waals surface area contributed by atoms with E-state index in [0.29, 0.717) is 0 Å². The number of methoxy groups -OCH3 is 1. The number of esters is 1. The Morgan fingerprint density at radius 3 is 2.63 bits per heavy atom. The third-order valence-corrected chi connectivity index (χ3v) is 2.98. The lowest BCUT2D eigenvalue weighted by atomic mass is 10.1. The Morgan fingerprint density at radius 1 is 1.42 bits per heavy atom. The number of benzene rings is 1. The second-order valence-electron chi connectivity index (χ2n) is 4.10. The van der Waals surface area contributed by atoms with E-state index in [-0.39, 0.29) is 23.4 Å². The van der Waals surface area contributed by atoms with Crippen LogP contribution < -0.4 is 5.73 Å². The van der Waals surface area contributed by atoms with Gasteiger partial charge in [0, 0.05) is 0 Å². The van der Waals surface area contributed by atoms with E-state index in [1.807, 2.05) is 6.92 Å². The van der Waals surface area contributed by atoms with Crippen LogP contribution in [0.5, 0.6) is 0 Å². The lowest BCUT2D eigenvalue weighted by Crippen LogP contribution is -2.12. The zero-order chi connectivity index (χ0) is 14.0. The number of ether oxygens (including phenoxy) is 1. The molecule has 0 fully saturated rings. The van der Waals surface area contributed by atoms with Crippen LogP contribution in [-0.4, -0.2) is 22.6 Å². The van der Waals surface area contributed by atoms with Gasteiger partial charge in [0.05, 0.1) is 19.5 Å². The third-order valence-electron chi connectivity index (χ3n) is 2.98. The van der Waals surface area contributed by atoms with Gasteiger partial charge in [0.2, 0.25) is 0 Å². The number of halogens is 1. The number of imidazole rings is 1. The second-order valence-corrected chi connectivity index (χ2v) is 4.10. The Kier molecular flexibility index (Phi) is 3.50. The number of hydrogen-bond donors (Lipinski definition) is 1. The van der Waals surface area contributed by atoms with Crippen LogP contribution in [0.2, 0.25) is 0 Å². The van der Waals surface area contributed by atoms with Gasteiger partial charge in [0.1, 0.15) is 11.6 Å². The van der Waals surface area contributed by atoms with E-state index in [4.69, 9.17) is 5.73 Å². The Balaban J connectivity index is 2.34. The smallest absolute Gasteiger partial charge is 0.360 e. The molecule has 5 nitrogen and oxygen atoms in total. The molecule has 0 amide bonds. The van der Waals surface area contributed by atoms with Crippen LogP contribution in [-0.2, 0) is 4.74 Å². The summed E-state index contributed by atoms with van der Waals surface area (Å²) in [5.74, 6) is -0.656. The summed E-state index contributed by atoms with van der Waals surface area (Å²) in [5.41, 5.74) is 6.82. The van der Waals surface area contributed by atoms with Gasteiger partial charge in [0.15, 0.2) is 5.69 Å². The summed E-state index contributed by atoms with van der Waals surface area (Å²) < 4.78 is 19.1. The molecular formula is C13H14FN3O2. The van der Waals surface area contributed by atoms with Crippen molar-refractivity contribution in [2.24, 2.45) is 0 Å². The first-order valence-corrected chi connectivity index (χ1v) is 5.70. The topological polar surface area (TPSA) is 70.1 Å². The molecule has 1 aromatic carbocycles. The van der Waals surface area contributed by atoms with Crippen molar-refractivity contribution in [2.75, 3.05) is 12.8 Å². The molecule has 2 aromatic rings. The highest BCUT2D eigenvalue weighted by Crippen LogP contribution is 2.23. The van der Waals surface area contributed by atoms with Gasteiger partial charge in [-0.25, -0.2) is 14.2 Å². The monoisotopic (exact) mass is 263 g/mol. The van der Waals surface area contributed by atoms with Crippen molar-refractivity contribution in [2.45, 2.75) is 13.0 Å². The summed E-state index contributed by atoms with van der Waals surface area (Å²) in [7, 11) is 1.27. The predicted molar refractivity (Wildman–Crippen MR) is 68.2 cm³/mol. The molecule has 0 spiro atoms. The average Bonchev–Trinajstić information content (AvgIpc) is 2.80. The molecule has 0 aliphatic heterocycles. The van der Waals surface area contributed by atoms with E-state index >= 15 is 0 Å². The predicted octanol–water partition coefficient (Wildman–Crippen LogP) is 2.00. The van der Waals surface area contributed by atoms with Crippen molar-refractivity contribution >= 4 is 11.8 Å². The summed E-state index contributed by atoms with van der Waals surface area (Å²) in [6.07, 6.45) is 1.47. The standard InChI is InChI=1S/C13H14FN3O2/c1-8(9-3-5-10(14)6-4-9)17-7-16-11(12(17)15)13(18)19-2/h3-8H,15H2,1-2H3. The number of anilines is 1. The van der Waals surface area contributed by atoms with Gasteiger partial charge < -0.3 is 15.0 Å². The van der Waals surface area contributed by atoms with Crippen LogP contribution >= 0.6 is 0 Å². The van der Waals surface area contributed by atoms with Gasteiger partial charge in [-0.15, -0.1) is 0 Å². The number of rotatable bonds is 3. The fourth-order valence-corrected chi connectivity index (χ4v) is 1.84. The highest BCUT2D eigenvalue weighted by atomic mass is 19.1. The number of carbonyl (C=O) groups excluding carboxylic acids is 1. The first-order chi connectivity index (χ1) is 9.04. The normalized spacial score (nSPS) is 12.2. The van der Waals surface area contributed by atoms with Crippen molar-refractivity contribution < 1.29 is 13.9 Å². The molecule has 0 aliphatic rings. The maximum Gasteiger partial charge on any atom is 0.360 e. The molecule has 0 bridgehead atoms. The van der Waals surface area contributed by atoms with E-state index < -0.39 is 5.97 Å². The van der Waals surface area contributed by atoms with Crippen LogP contribution in [0, 0.1) is 5.82 Å². The number of nitrogens with two attached hydrogens (primary N) is 1. The summed E-state index contributed by atoms with van der Waals surface area (Å²) in [4.78, 5) is 15.4. The van der Waals surface area contributed by atoms with Crippen LogP contribution in [0.1, 0.15) is 29.0 Å². The van der Waals surface area contributed by atoms with Gasteiger partial charge >= 0.3 is 5.97 Å². The van der Waals surface area contributed by atoms with Crippen LogP contribution in [0.4, 0.5) is 10.2 Å². The summed E-state index contributed by atoms with van der Waals surface area (Å²) in [6, 6.07) is 5.92. The highest BCUT2D eigenvalue weighted by molar-refractivity contribution is 5.92. The van der Waals surface area contributed by atoms with E-state index in [9.17, 15) is 9.18 Å². The molecule has 1 heterocycles. The molecule has 1 atom stereocenters. The van der Waals surface area contributed by atoms with Crippen LogP contribution in [0.25, 0.3) is 0 Å². The quantitative estimate of drug-likeness (QED) is 0.860. The number of hydrogen-bond acceptors (Lipinski definition) is 4. The molecule has 100 valence electrons. The van der Waals surface area contributed by atoms with Gasteiger partial charge in [-0.2, -0.15) is 0 Å². The van der Waals surface area contributed by atoms with Crippen molar-refractivity contribution in [1.82, 2.24) is 9.55 Å². The molecule has 6 heteroatoms. The molecule has 1 unspecified atom stereocenters. The minimum absolute atomic E-state index is 0.0801. The zero-order valence-corrected chi connectivity index (χ0v) is 10.6. The van der Waals surface area contributed by atoms with E-state index in [1.165, 1.54) is 25.6 Å². The summed E-state index contributed by atoms with van der Waals surface area (Å²) >= 11 is 0. The molecule has 2 rings (SSSR count). The maximum absolute atomic E-state index is 12.9. The molecule has 1 aromatic heterocycles.